The number of hydrogen-bond acceptors (Lipinski definition) is 7. The van der Waals surface area contributed by atoms with Gasteiger partial charge in [0.2, 0.25) is 0 Å². The summed E-state index contributed by atoms with van der Waals surface area (Å²) in [5.41, 5.74) is 4.38. The molecule has 1 spiro atoms. The van der Waals surface area contributed by atoms with E-state index in [2.05, 4.69) is 59.2 Å². The largest absolute Gasteiger partial charge is 0.494 e. The third kappa shape index (κ3) is 3.92. The number of carbonyl (C=O) groups is 1. The highest BCUT2D eigenvalue weighted by molar-refractivity contribution is 6.00. The summed E-state index contributed by atoms with van der Waals surface area (Å²) < 4.78 is 11.5. The van der Waals surface area contributed by atoms with Crippen molar-refractivity contribution in [2.45, 2.75) is 39.2 Å². The summed E-state index contributed by atoms with van der Waals surface area (Å²) in [6.07, 6.45) is 3.27. The Morgan fingerprint density at radius 2 is 1.97 bits per heavy atom. The molecule has 8 heteroatoms. The SMILES string of the molecule is CCCN1CC2(C1)CN(c1cc3c(Nc4ccc(CC)cc4C)ncnc3cc1OC)C(=O)O2. The zero-order valence-electron chi connectivity index (χ0n) is 20.2. The van der Waals surface area contributed by atoms with Crippen LogP contribution in [0, 0.1) is 6.92 Å². The van der Waals surface area contributed by atoms with Crippen LogP contribution in [0.3, 0.4) is 0 Å². The second kappa shape index (κ2) is 8.76. The Labute approximate surface area is 199 Å². The van der Waals surface area contributed by atoms with Crippen LogP contribution in [0.15, 0.2) is 36.7 Å². The van der Waals surface area contributed by atoms with Gasteiger partial charge in [-0.05, 0) is 49.6 Å². The maximum absolute atomic E-state index is 12.9. The van der Waals surface area contributed by atoms with Crippen LogP contribution >= 0.6 is 0 Å². The van der Waals surface area contributed by atoms with Crippen LogP contribution in [0.5, 0.6) is 5.75 Å². The second-order valence-corrected chi connectivity index (χ2v) is 9.24. The lowest BCUT2D eigenvalue weighted by Gasteiger charge is -2.45. The van der Waals surface area contributed by atoms with E-state index in [0.717, 1.165) is 54.6 Å². The minimum Gasteiger partial charge on any atom is -0.494 e. The molecule has 3 aromatic rings. The van der Waals surface area contributed by atoms with Crippen LogP contribution in [0.4, 0.5) is 22.0 Å². The van der Waals surface area contributed by atoms with E-state index in [4.69, 9.17) is 9.47 Å². The fraction of sp³-hybridized carbons (Fsp3) is 0.423. The number of aromatic nitrogens is 2. The summed E-state index contributed by atoms with van der Waals surface area (Å²) in [5, 5.41) is 4.27. The van der Waals surface area contributed by atoms with Gasteiger partial charge < -0.3 is 14.8 Å². The first-order valence-electron chi connectivity index (χ1n) is 11.9. The average Bonchev–Trinajstić information content (AvgIpc) is 3.16. The molecule has 178 valence electrons. The number of carbonyl (C=O) groups excluding carboxylic acids is 1. The van der Waals surface area contributed by atoms with Gasteiger partial charge in [-0.3, -0.25) is 9.80 Å². The highest BCUT2D eigenvalue weighted by Gasteiger charge is 2.54. The smallest absolute Gasteiger partial charge is 0.415 e. The Hall–Kier alpha value is -3.39. The number of anilines is 3. The lowest BCUT2D eigenvalue weighted by molar-refractivity contribution is -0.0720. The molecule has 2 fully saturated rings. The molecule has 0 unspecified atom stereocenters. The van der Waals surface area contributed by atoms with Crippen LogP contribution in [0.1, 0.15) is 31.4 Å². The summed E-state index contributed by atoms with van der Waals surface area (Å²) >= 11 is 0. The quantitative estimate of drug-likeness (QED) is 0.547. The molecule has 5 rings (SSSR count). The lowest BCUT2D eigenvalue weighted by Crippen LogP contribution is -2.63. The number of amides is 1. The Bertz CT molecular complexity index is 1240. The van der Waals surface area contributed by atoms with Gasteiger partial charge in [-0.2, -0.15) is 0 Å². The molecule has 2 saturated heterocycles. The number of methoxy groups -OCH3 is 1. The Balaban J connectivity index is 1.49. The molecule has 1 amide bonds. The molecule has 2 aliphatic rings. The third-order valence-corrected chi connectivity index (χ3v) is 6.71. The fourth-order valence-electron chi connectivity index (χ4n) is 4.98. The number of fused-ring (bicyclic) bond motifs is 1. The number of rotatable bonds is 7. The van der Waals surface area contributed by atoms with E-state index in [0.29, 0.717) is 23.8 Å². The number of nitrogens with zero attached hydrogens (tertiary/aromatic N) is 4. The Morgan fingerprint density at radius 1 is 1.15 bits per heavy atom. The third-order valence-electron chi connectivity index (χ3n) is 6.71. The fourth-order valence-corrected chi connectivity index (χ4v) is 4.98. The lowest BCUT2D eigenvalue weighted by atomic mass is 9.93. The van der Waals surface area contributed by atoms with E-state index in [-0.39, 0.29) is 6.09 Å². The molecule has 2 aliphatic heterocycles. The molecule has 2 aromatic carbocycles. The van der Waals surface area contributed by atoms with E-state index in [1.165, 1.54) is 11.9 Å². The molecule has 0 atom stereocenters. The summed E-state index contributed by atoms with van der Waals surface area (Å²) in [7, 11) is 1.60. The van der Waals surface area contributed by atoms with Gasteiger partial charge in [0.1, 0.15) is 17.9 Å². The van der Waals surface area contributed by atoms with Crippen LogP contribution in [0.2, 0.25) is 0 Å². The molecule has 8 nitrogen and oxygen atoms in total. The minimum atomic E-state index is -0.446. The molecule has 0 aliphatic carbocycles. The molecule has 34 heavy (non-hydrogen) atoms. The number of benzene rings is 2. The Morgan fingerprint density at radius 3 is 2.68 bits per heavy atom. The van der Waals surface area contributed by atoms with E-state index < -0.39 is 5.60 Å². The van der Waals surface area contributed by atoms with Gasteiger partial charge in [-0.25, -0.2) is 14.8 Å². The number of ether oxygens (including phenoxy) is 2. The first-order chi connectivity index (χ1) is 16.4. The maximum atomic E-state index is 12.9. The molecule has 0 radical (unpaired) electrons. The number of likely N-dealkylation sites (tertiary alicyclic amines) is 1. The van der Waals surface area contributed by atoms with Gasteiger partial charge in [0.15, 0.2) is 5.60 Å². The molecule has 3 heterocycles. The van der Waals surface area contributed by atoms with Crippen LogP contribution in [0.25, 0.3) is 10.9 Å². The summed E-state index contributed by atoms with van der Waals surface area (Å²) in [6.45, 7) is 9.44. The molecule has 0 bridgehead atoms. The number of hydrogen-bond donors (Lipinski definition) is 1. The summed E-state index contributed by atoms with van der Waals surface area (Å²) in [5.74, 6) is 1.26. The van der Waals surface area contributed by atoms with Crippen molar-refractivity contribution in [2.75, 3.05) is 43.5 Å². The minimum absolute atomic E-state index is 0.342. The maximum Gasteiger partial charge on any atom is 0.415 e. The van der Waals surface area contributed by atoms with Gasteiger partial charge in [0.25, 0.3) is 0 Å². The molecule has 1 aromatic heterocycles. The second-order valence-electron chi connectivity index (χ2n) is 9.24. The molecule has 0 saturated carbocycles. The predicted molar refractivity (Wildman–Crippen MR) is 133 cm³/mol. The molecule has 1 N–H and O–H groups in total. The van der Waals surface area contributed by atoms with Crippen molar-refractivity contribution in [3.8, 4) is 5.75 Å². The normalized spacial score (nSPS) is 17.2. The van der Waals surface area contributed by atoms with Gasteiger partial charge >= 0.3 is 6.09 Å². The first kappa shape index (κ1) is 22.4. The van der Waals surface area contributed by atoms with Crippen LogP contribution in [-0.4, -0.2) is 59.9 Å². The van der Waals surface area contributed by atoms with Crippen molar-refractivity contribution in [3.05, 3.63) is 47.8 Å². The Kier molecular flexibility index (Phi) is 5.77. The van der Waals surface area contributed by atoms with Crippen LogP contribution in [-0.2, 0) is 11.2 Å². The molecular formula is C26H31N5O3. The zero-order valence-corrected chi connectivity index (χ0v) is 20.2. The number of nitrogens with one attached hydrogen (secondary N) is 1. The van der Waals surface area contributed by atoms with Crippen LogP contribution < -0.4 is 15.0 Å². The van der Waals surface area contributed by atoms with Gasteiger partial charge in [0.05, 0.1) is 24.9 Å². The van der Waals surface area contributed by atoms with Crippen molar-refractivity contribution in [2.24, 2.45) is 0 Å². The monoisotopic (exact) mass is 461 g/mol. The summed E-state index contributed by atoms with van der Waals surface area (Å²) in [6, 6.07) is 10.2. The van der Waals surface area contributed by atoms with Crippen molar-refractivity contribution < 1.29 is 14.3 Å². The topological polar surface area (TPSA) is 79.8 Å². The standard InChI is InChI=1S/C26H31N5O3/c1-5-9-30-13-26(14-30)15-31(25(32)34-26)22-11-19-21(12-23(22)33-4)27-16-28-24(19)29-20-8-7-18(6-2)10-17(20)3/h7-8,10-12,16H,5-6,9,13-15H2,1-4H3,(H,27,28,29). The van der Waals surface area contributed by atoms with Crippen molar-refractivity contribution in [3.63, 3.8) is 0 Å². The van der Waals surface area contributed by atoms with Gasteiger partial charge in [-0.1, -0.05) is 26.0 Å². The van der Waals surface area contributed by atoms with Crippen molar-refractivity contribution in [1.82, 2.24) is 14.9 Å². The van der Waals surface area contributed by atoms with Gasteiger partial charge in [0, 0.05) is 30.2 Å². The van der Waals surface area contributed by atoms with Crippen molar-refractivity contribution in [1.29, 1.82) is 0 Å². The highest BCUT2D eigenvalue weighted by atomic mass is 16.6. The highest BCUT2D eigenvalue weighted by Crippen LogP contribution is 2.41. The average molecular weight is 462 g/mol. The molecular weight excluding hydrogens is 430 g/mol. The zero-order chi connectivity index (χ0) is 23.9. The van der Waals surface area contributed by atoms with E-state index >= 15 is 0 Å². The van der Waals surface area contributed by atoms with E-state index in [1.54, 1.807) is 12.0 Å². The first-order valence-corrected chi connectivity index (χ1v) is 11.9. The van der Waals surface area contributed by atoms with E-state index in [1.807, 2.05) is 12.1 Å². The summed E-state index contributed by atoms with van der Waals surface area (Å²) in [4.78, 5) is 25.9. The van der Waals surface area contributed by atoms with Crippen molar-refractivity contribution >= 4 is 34.2 Å². The number of aryl methyl sites for hydroxylation is 2. The van der Waals surface area contributed by atoms with Gasteiger partial charge in [-0.15, -0.1) is 0 Å². The predicted octanol–water partition coefficient (Wildman–Crippen LogP) is 4.67. The van der Waals surface area contributed by atoms with E-state index in [9.17, 15) is 4.79 Å².